The quantitative estimate of drug-likeness (QED) is 0.733. The van der Waals surface area contributed by atoms with Crippen LogP contribution in [0.1, 0.15) is 19.0 Å². The van der Waals surface area contributed by atoms with Crippen LogP contribution in [-0.4, -0.2) is 9.38 Å². The van der Waals surface area contributed by atoms with E-state index in [0.717, 1.165) is 24.1 Å². The van der Waals surface area contributed by atoms with Gasteiger partial charge in [-0.25, -0.2) is 4.98 Å². The SMILES string of the molecule is CCCc1nc2ccccn2c(=O)c1-c1ccc(Cl)cc1. The number of halogens is 1. The highest BCUT2D eigenvalue weighted by molar-refractivity contribution is 6.30. The second kappa shape index (κ2) is 5.70. The lowest BCUT2D eigenvalue weighted by atomic mass is 10.0. The van der Waals surface area contributed by atoms with E-state index in [4.69, 9.17) is 11.6 Å². The van der Waals surface area contributed by atoms with E-state index in [-0.39, 0.29) is 5.56 Å². The van der Waals surface area contributed by atoms with E-state index in [2.05, 4.69) is 11.9 Å². The van der Waals surface area contributed by atoms with E-state index in [9.17, 15) is 4.79 Å². The van der Waals surface area contributed by atoms with Gasteiger partial charge in [-0.15, -0.1) is 0 Å². The summed E-state index contributed by atoms with van der Waals surface area (Å²) in [6.45, 7) is 2.08. The molecule has 0 aliphatic carbocycles. The summed E-state index contributed by atoms with van der Waals surface area (Å²) in [4.78, 5) is 17.5. The molecule has 21 heavy (non-hydrogen) atoms. The van der Waals surface area contributed by atoms with Gasteiger partial charge in [0.05, 0.1) is 11.3 Å². The molecule has 0 saturated heterocycles. The molecule has 4 heteroatoms. The fourth-order valence-corrected chi connectivity index (χ4v) is 2.59. The number of aryl methyl sites for hydroxylation is 1. The molecule has 0 fully saturated rings. The van der Waals surface area contributed by atoms with Crippen molar-refractivity contribution in [2.75, 3.05) is 0 Å². The molecule has 0 N–H and O–H groups in total. The van der Waals surface area contributed by atoms with Crippen LogP contribution in [0.4, 0.5) is 0 Å². The number of fused-ring (bicyclic) bond motifs is 1. The molecule has 0 bridgehead atoms. The van der Waals surface area contributed by atoms with Crippen molar-refractivity contribution >= 4 is 17.2 Å². The standard InChI is InChI=1S/C17H15ClN2O/c1-2-5-14-16(12-7-9-13(18)10-8-12)17(21)20-11-4-3-6-15(20)19-14/h3-4,6-11H,2,5H2,1H3. The topological polar surface area (TPSA) is 34.4 Å². The first-order valence-corrected chi connectivity index (χ1v) is 7.34. The molecule has 2 aromatic heterocycles. The molecule has 3 rings (SSSR count). The van der Waals surface area contributed by atoms with Crippen molar-refractivity contribution in [1.82, 2.24) is 9.38 Å². The zero-order chi connectivity index (χ0) is 14.8. The highest BCUT2D eigenvalue weighted by atomic mass is 35.5. The lowest BCUT2D eigenvalue weighted by molar-refractivity contribution is 0.871. The zero-order valence-electron chi connectivity index (χ0n) is 11.7. The van der Waals surface area contributed by atoms with E-state index in [1.165, 1.54) is 0 Å². The first-order chi connectivity index (χ1) is 10.2. The summed E-state index contributed by atoms with van der Waals surface area (Å²) in [5, 5.41) is 0.657. The van der Waals surface area contributed by atoms with Gasteiger partial charge < -0.3 is 0 Å². The van der Waals surface area contributed by atoms with Gasteiger partial charge in [-0.3, -0.25) is 9.20 Å². The maximum Gasteiger partial charge on any atom is 0.265 e. The molecule has 3 nitrogen and oxygen atoms in total. The average molecular weight is 299 g/mol. The van der Waals surface area contributed by atoms with Crippen molar-refractivity contribution < 1.29 is 0 Å². The molecule has 0 aliphatic rings. The van der Waals surface area contributed by atoms with E-state index in [1.54, 1.807) is 22.7 Å². The summed E-state index contributed by atoms with van der Waals surface area (Å²) >= 11 is 5.94. The van der Waals surface area contributed by atoms with Gasteiger partial charge in [0.15, 0.2) is 0 Å². The highest BCUT2D eigenvalue weighted by Crippen LogP contribution is 2.22. The molecule has 106 valence electrons. The van der Waals surface area contributed by atoms with Crippen molar-refractivity contribution in [3.8, 4) is 11.1 Å². The van der Waals surface area contributed by atoms with Gasteiger partial charge in [0.2, 0.25) is 0 Å². The number of aromatic nitrogens is 2. The zero-order valence-corrected chi connectivity index (χ0v) is 12.5. The largest absolute Gasteiger partial charge is 0.268 e. The summed E-state index contributed by atoms with van der Waals surface area (Å²) in [6, 6.07) is 12.9. The van der Waals surface area contributed by atoms with Crippen LogP contribution in [0.2, 0.25) is 5.02 Å². The number of hydrogen-bond donors (Lipinski definition) is 0. The van der Waals surface area contributed by atoms with Crippen LogP contribution < -0.4 is 5.56 Å². The van der Waals surface area contributed by atoms with Crippen molar-refractivity contribution in [3.63, 3.8) is 0 Å². The van der Waals surface area contributed by atoms with E-state index in [1.807, 2.05) is 30.3 Å². The predicted molar refractivity (Wildman–Crippen MR) is 85.9 cm³/mol. The maximum absolute atomic E-state index is 12.8. The Hall–Kier alpha value is -2.13. The van der Waals surface area contributed by atoms with Gasteiger partial charge >= 0.3 is 0 Å². The van der Waals surface area contributed by atoms with Crippen molar-refractivity contribution in [2.24, 2.45) is 0 Å². The Balaban J connectivity index is 2.33. The minimum atomic E-state index is -0.0358. The Morgan fingerprint density at radius 3 is 2.62 bits per heavy atom. The van der Waals surface area contributed by atoms with Crippen LogP contribution in [0.3, 0.4) is 0 Å². The maximum atomic E-state index is 12.8. The van der Waals surface area contributed by atoms with Crippen LogP contribution in [-0.2, 0) is 6.42 Å². The Morgan fingerprint density at radius 2 is 1.90 bits per heavy atom. The summed E-state index contributed by atoms with van der Waals surface area (Å²) in [6.07, 6.45) is 3.47. The molecule has 0 aliphatic heterocycles. The molecular formula is C17H15ClN2O. The number of pyridine rings is 1. The molecule has 0 atom stereocenters. The van der Waals surface area contributed by atoms with Crippen LogP contribution >= 0.6 is 11.6 Å². The minimum absolute atomic E-state index is 0.0358. The summed E-state index contributed by atoms with van der Waals surface area (Å²) < 4.78 is 1.59. The first kappa shape index (κ1) is 13.8. The van der Waals surface area contributed by atoms with Gasteiger partial charge in [-0.05, 0) is 36.2 Å². The van der Waals surface area contributed by atoms with Crippen LogP contribution in [0, 0.1) is 0 Å². The Morgan fingerprint density at radius 1 is 1.14 bits per heavy atom. The van der Waals surface area contributed by atoms with Gasteiger partial charge in [0.1, 0.15) is 5.65 Å². The molecule has 0 saturated carbocycles. The van der Waals surface area contributed by atoms with Crippen molar-refractivity contribution in [2.45, 2.75) is 19.8 Å². The molecule has 0 unspecified atom stereocenters. The summed E-state index contributed by atoms with van der Waals surface area (Å²) in [5.41, 5.74) is 3.02. The molecule has 3 aromatic rings. The van der Waals surface area contributed by atoms with Crippen LogP contribution in [0.25, 0.3) is 16.8 Å². The molecule has 0 radical (unpaired) electrons. The molecule has 0 amide bonds. The van der Waals surface area contributed by atoms with Crippen molar-refractivity contribution in [1.29, 1.82) is 0 Å². The molecule has 2 heterocycles. The normalized spacial score (nSPS) is 11.0. The number of nitrogens with zero attached hydrogens (tertiary/aromatic N) is 2. The third kappa shape index (κ3) is 2.57. The van der Waals surface area contributed by atoms with Gasteiger partial charge in [0.25, 0.3) is 5.56 Å². The number of rotatable bonds is 3. The Kier molecular flexibility index (Phi) is 3.76. The number of benzene rings is 1. The summed E-state index contributed by atoms with van der Waals surface area (Å²) in [7, 11) is 0. The second-order valence-corrected chi connectivity index (χ2v) is 5.36. The van der Waals surface area contributed by atoms with E-state index >= 15 is 0 Å². The minimum Gasteiger partial charge on any atom is -0.268 e. The highest BCUT2D eigenvalue weighted by Gasteiger charge is 2.13. The molecule has 0 spiro atoms. The summed E-state index contributed by atoms with van der Waals surface area (Å²) in [5.74, 6) is 0. The number of hydrogen-bond acceptors (Lipinski definition) is 2. The van der Waals surface area contributed by atoms with Gasteiger partial charge in [-0.2, -0.15) is 0 Å². The van der Waals surface area contributed by atoms with Crippen LogP contribution in [0.15, 0.2) is 53.5 Å². The lowest BCUT2D eigenvalue weighted by Crippen LogP contribution is -2.19. The fraction of sp³-hybridized carbons (Fsp3) is 0.176. The Bertz CT molecular complexity index is 838. The van der Waals surface area contributed by atoms with E-state index in [0.29, 0.717) is 16.2 Å². The average Bonchev–Trinajstić information content (AvgIpc) is 2.49. The van der Waals surface area contributed by atoms with Crippen LogP contribution in [0.5, 0.6) is 0 Å². The van der Waals surface area contributed by atoms with Gasteiger partial charge in [-0.1, -0.05) is 43.1 Å². The second-order valence-electron chi connectivity index (χ2n) is 4.92. The Labute approximate surface area is 127 Å². The lowest BCUT2D eigenvalue weighted by Gasteiger charge is -2.10. The fourth-order valence-electron chi connectivity index (χ4n) is 2.46. The van der Waals surface area contributed by atoms with Gasteiger partial charge in [0, 0.05) is 11.2 Å². The monoisotopic (exact) mass is 298 g/mol. The molecular weight excluding hydrogens is 284 g/mol. The van der Waals surface area contributed by atoms with E-state index < -0.39 is 0 Å². The smallest absolute Gasteiger partial charge is 0.265 e. The predicted octanol–water partition coefficient (Wildman–Crippen LogP) is 3.97. The molecule has 1 aromatic carbocycles. The third-order valence-electron chi connectivity index (χ3n) is 3.43. The third-order valence-corrected chi connectivity index (χ3v) is 3.68. The van der Waals surface area contributed by atoms with Crippen molar-refractivity contribution in [3.05, 3.63) is 69.7 Å². The first-order valence-electron chi connectivity index (χ1n) is 6.97.